The molecule has 2 heterocycles. The van der Waals surface area contributed by atoms with Crippen LogP contribution in [-0.4, -0.2) is 29.9 Å². The standard InChI is InChI=1S/C17H13F3N2O4/c1-21-12-6-10(2-4-14(12)26-9-16(21)25)13(23)8-22-7-11(17(18,19)20)3-5-15(22)24/h2-7H,8-9H2,1H3. The van der Waals surface area contributed by atoms with Crippen LogP contribution in [0.5, 0.6) is 5.75 Å². The minimum atomic E-state index is -4.62. The number of benzene rings is 1. The smallest absolute Gasteiger partial charge is 0.417 e. The molecule has 0 fully saturated rings. The Kier molecular flexibility index (Phi) is 4.31. The lowest BCUT2D eigenvalue weighted by molar-refractivity contribution is -0.138. The van der Waals surface area contributed by atoms with Crippen molar-refractivity contribution in [3.05, 3.63) is 58.0 Å². The molecule has 0 N–H and O–H groups in total. The number of hydrogen-bond acceptors (Lipinski definition) is 4. The zero-order chi connectivity index (χ0) is 19.1. The number of carbonyl (C=O) groups is 2. The van der Waals surface area contributed by atoms with E-state index in [4.69, 9.17) is 4.74 Å². The summed E-state index contributed by atoms with van der Waals surface area (Å²) in [5.41, 5.74) is -1.21. The lowest BCUT2D eigenvalue weighted by Crippen LogP contribution is -2.35. The average molecular weight is 366 g/mol. The maximum Gasteiger partial charge on any atom is 0.417 e. The number of amides is 1. The second-order valence-electron chi connectivity index (χ2n) is 5.73. The summed E-state index contributed by atoms with van der Waals surface area (Å²) in [6.45, 7) is -0.670. The van der Waals surface area contributed by atoms with E-state index in [9.17, 15) is 27.6 Å². The number of ketones is 1. The van der Waals surface area contributed by atoms with Crippen molar-refractivity contribution in [2.24, 2.45) is 0 Å². The number of halogens is 3. The molecule has 0 radical (unpaired) electrons. The van der Waals surface area contributed by atoms with E-state index in [1.165, 1.54) is 30.1 Å². The van der Waals surface area contributed by atoms with E-state index in [2.05, 4.69) is 0 Å². The summed E-state index contributed by atoms with van der Waals surface area (Å²) in [4.78, 5) is 37.2. The molecule has 1 aliphatic heterocycles. The normalized spacial score (nSPS) is 14.0. The molecule has 0 atom stereocenters. The maximum atomic E-state index is 12.8. The van der Waals surface area contributed by atoms with Gasteiger partial charge in [-0.25, -0.2) is 0 Å². The molecule has 2 aromatic rings. The number of ether oxygens (including phenoxy) is 1. The highest BCUT2D eigenvalue weighted by Gasteiger charge is 2.31. The van der Waals surface area contributed by atoms with Crippen molar-refractivity contribution in [2.45, 2.75) is 12.7 Å². The van der Waals surface area contributed by atoms with Crippen LogP contribution in [0.1, 0.15) is 15.9 Å². The molecule has 9 heteroatoms. The molecule has 26 heavy (non-hydrogen) atoms. The topological polar surface area (TPSA) is 68.6 Å². The number of rotatable bonds is 3. The first kappa shape index (κ1) is 17.7. The Bertz CT molecular complexity index is 950. The predicted molar refractivity (Wildman–Crippen MR) is 85.4 cm³/mol. The first-order valence-electron chi connectivity index (χ1n) is 7.51. The van der Waals surface area contributed by atoms with E-state index in [0.29, 0.717) is 28.3 Å². The van der Waals surface area contributed by atoms with E-state index in [1.54, 1.807) is 0 Å². The summed E-state index contributed by atoms with van der Waals surface area (Å²) in [5.74, 6) is -0.447. The molecule has 1 aliphatic rings. The van der Waals surface area contributed by atoms with Crippen LogP contribution in [0.2, 0.25) is 0 Å². The number of hydrogen-bond donors (Lipinski definition) is 0. The minimum Gasteiger partial charge on any atom is -0.482 e. The number of pyridine rings is 1. The molecule has 1 aromatic carbocycles. The first-order valence-corrected chi connectivity index (χ1v) is 7.51. The fourth-order valence-electron chi connectivity index (χ4n) is 2.51. The summed E-state index contributed by atoms with van der Waals surface area (Å²) in [6, 6.07) is 5.78. The van der Waals surface area contributed by atoms with E-state index >= 15 is 0 Å². The van der Waals surface area contributed by atoms with E-state index < -0.39 is 29.6 Å². The van der Waals surface area contributed by atoms with Crippen LogP contribution in [0, 0.1) is 0 Å². The fourth-order valence-corrected chi connectivity index (χ4v) is 2.51. The Balaban J connectivity index is 1.90. The Hall–Kier alpha value is -3.10. The molecule has 0 aliphatic carbocycles. The van der Waals surface area contributed by atoms with Crippen molar-refractivity contribution >= 4 is 17.4 Å². The number of nitrogens with zero attached hydrogens (tertiary/aromatic N) is 2. The SMILES string of the molecule is CN1C(=O)COc2ccc(C(=O)Cn3cc(C(F)(F)F)ccc3=O)cc21. The fraction of sp³-hybridized carbons (Fsp3) is 0.235. The van der Waals surface area contributed by atoms with Gasteiger partial charge in [-0.15, -0.1) is 0 Å². The highest BCUT2D eigenvalue weighted by Crippen LogP contribution is 2.32. The molecule has 3 rings (SSSR count). The second-order valence-corrected chi connectivity index (χ2v) is 5.73. The quantitative estimate of drug-likeness (QED) is 0.781. The van der Waals surface area contributed by atoms with Crippen LogP contribution in [-0.2, 0) is 17.5 Å². The van der Waals surface area contributed by atoms with E-state index in [-0.39, 0.29) is 18.1 Å². The van der Waals surface area contributed by atoms with Crippen molar-refractivity contribution in [3.63, 3.8) is 0 Å². The van der Waals surface area contributed by atoms with Gasteiger partial charge in [-0.3, -0.25) is 14.4 Å². The highest BCUT2D eigenvalue weighted by atomic mass is 19.4. The second kappa shape index (κ2) is 6.32. The molecular weight excluding hydrogens is 353 g/mol. The van der Waals surface area contributed by atoms with Gasteiger partial charge in [-0.05, 0) is 24.3 Å². The molecule has 1 aromatic heterocycles. The van der Waals surface area contributed by atoms with Gasteiger partial charge >= 0.3 is 6.18 Å². The molecule has 1 amide bonds. The highest BCUT2D eigenvalue weighted by molar-refractivity contribution is 6.01. The summed E-state index contributed by atoms with van der Waals surface area (Å²) < 4.78 is 44.3. The summed E-state index contributed by atoms with van der Waals surface area (Å²) >= 11 is 0. The third-order valence-corrected chi connectivity index (χ3v) is 3.99. The van der Waals surface area contributed by atoms with Gasteiger partial charge in [-0.1, -0.05) is 0 Å². The number of likely N-dealkylation sites (N-methyl/N-ethyl adjacent to an activating group) is 1. The monoisotopic (exact) mass is 366 g/mol. The number of carbonyl (C=O) groups excluding carboxylic acids is 2. The van der Waals surface area contributed by atoms with Crippen molar-refractivity contribution in [3.8, 4) is 5.75 Å². The van der Waals surface area contributed by atoms with Crippen LogP contribution < -0.4 is 15.2 Å². The van der Waals surface area contributed by atoms with Crippen molar-refractivity contribution < 1.29 is 27.5 Å². The largest absolute Gasteiger partial charge is 0.482 e. The Morgan fingerprint density at radius 3 is 2.62 bits per heavy atom. The van der Waals surface area contributed by atoms with Crippen molar-refractivity contribution in [1.29, 1.82) is 0 Å². The third-order valence-electron chi connectivity index (χ3n) is 3.99. The van der Waals surface area contributed by atoms with Crippen LogP contribution in [0.25, 0.3) is 0 Å². The zero-order valence-corrected chi connectivity index (χ0v) is 13.5. The minimum absolute atomic E-state index is 0.115. The van der Waals surface area contributed by atoms with E-state index in [0.717, 1.165) is 6.07 Å². The third kappa shape index (κ3) is 3.32. The summed E-state index contributed by atoms with van der Waals surface area (Å²) in [5, 5.41) is 0. The summed E-state index contributed by atoms with van der Waals surface area (Å²) in [6.07, 6.45) is -4.01. The predicted octanol–water partition coefficient (Wildman–Crippen LogP) is 2.11. The Morgan fingerprint density at radius 2 is 1.92 bits per heavy atom. The zero-order valence-electron chi connectivity index (χ0n) is 13.5. The lowest BCUT2D eigenvalue weighted by Gasteiger charge is -2.26. The number of fused-ring (bicyclic) bond motifs is 1. The molecule has 0 saturated carbocycles. The number of alkyl halides is 3. The lowest BCUT2D eigenvalue weighted by atomic mass is 10.1. The molecule has 0 spiro atoms. The van der Waals surface area contributed by atoms with E-state index in [1.807, 2.05) is 0 Å². The van der Waals surface area contributed by atoms with Gasteiger partial charge in [0.1, 0.15) is 5.75 Å². The van der Waals surface area contributed by atoms with Gasteiger partial charge in [0.25, 0.3) is 11.5 Å². The molecule has 0 bridgehead atoms. The van der Waals surface area contributed by atoms with Gasteiger partial charge in [0.05, 0.1) is 17.8 Å². The molecule has 0 saturated heterocycles. The van der Waals surface area contributed by atoms with Crippen LogP contribution in [0.3, 0.4) is 0 Å². The van der Waals surface area contributed by atoms with Gasteiger partial charge in [0.2, 0.25) is 0 Å². The average Bonchev–Trinajstić information content (AvgIpc) is 2.59. The maximum absolute atomic E-state index is 12.8. The van der Waals surface area contributed by atoms with Gasteiger partial charge in [0, 0.05) is 24.9 Å². The molecule has 136 valence electrons. The first-order chi connectivity index (χ1) is 12.2. The number of anilines is 1. The summed E-state index contributed by atoms with van der Waals surface area (Å²) in [7, 11) is 1.52. The Morgan fingerprint density at radius 1 is 1.19 bits per heavy atom. The molecule has 0 unspecified atom stereocenters. The molecule has 6 nitrogen and oxygen atoms in total. The van der Waals surface area contributed by atoms with Gasteiger partial charge < -0.3 is 14.2 Å². The number of Topliss-reactive ketones (excluding diaryl/α,β-unsaturated/α-hetero) is 1. The van der Waals surface area contributed by atoms with Crippen LogP contribution in [0.15, 0.2) is 41.3 Å². The van der Waals surface area contributed by atoms with Crippen molar-refractivity contribution in [2.75, 3.05) is 18.6 Å². The van der Waals surface area contributed by atoms with Gasteiger partial charge in [-0.2, -0.15) is 13.2 Å². The van der Waals surface area contributed by atoms with Crippen LogP contribution in [0.4, 0.5) is 18.9 Å². The van der Waals surface area contributed by atoms with Gasteiger partial charge in [0.15, 0.2) is 12.4 Å². The molecular formula is C17H13F3N2O4. The van der Waals surface area contributed by atoms with Crippen molar-refractivity contribution in [1.82, 2.24) is 4.57 Å². The Labute approximate surface area is 145 Å². The van der Waals surface area contributed by atoms with Crippen LogP contribution >= 0.6 is 0 Å². The number of aromatic nitrogens is 1.